The zero-order valence-corrected chi connectivity index (χ0v) is 23.7. The molecule has 0 aliphatic carbocycles. The number of nitrogens with zero attached hydrogens (tertiary/aromatic N) is 2. The third-order valence-corrected chi connectivity index (χ3v) is 7.21. The van der Waals surface area contributed by atoms with Gasteiger partial charge in [-0.15, -0.1) is 0 Å². The van der Waals surface area contributed by atoms with E-state index in [0.29, 0.717) is 30.8 Å². The number of amides is 4. The van der Waals surface area contributed by atoms with Gasteiger partial charge in [0.15, 0.2) is 0 Å². The lowest BCUT2D eigenvalue weighted by molar-refractivity contribution is -0.136. The van der Waals surface area contributed by atoms with Gasteiger partial charge in [0.05, 0.1) is 12.1 Å². The van der Waals surface area contributed by atoms with Crippen LogP contribution in [0.15, 0.2) is 24.3 Å². The molecule has 2 atom stereocenters. The highest BCUT2D eigenvalue weighted by molar-refractivity contribution is 5.99. The molecule has 2 aliphatic rings. The number of para-hydroxylation sites is 1. The molecule has 1 fully saturated rings. The number of fused-ring (bicyclic) bond motifs is 1. The van der Waals surface area contributed by atoms with Gasteiger partial charge in [0.2, 0.25) is 17.7 Å². The van der Waals surface area contributed by atoms with Crippen molar-refractivity contribution in [1.29, 1.82) is 0 Å². The van der Waals surface area contributed by atoms with Gasteiger partial charge in [-0.05, 0) is 76.2 Å². The van der Waals surface area contributed by atoms with Crippen molar-refractivity contribution < 1.29 is 23.9 Å². The molecule has 4 amide bonds. The Balaban J connectivity index is 1.70. The van der Waals surface area contributed by atoms with Gasteiger partial charge in [-0.25, -0.2) is 0 Å². The van der Waals surface area contributed by atoms with Crippen LogP contribution in [-0.2, 0) is 14.4 Å². The van der Waals surface area contributed by atoms with Gasteiger partial charge in [0, 0.05) is 20.0 Å². The quantitative estimate of drug-likeness (QED) is 0.431. The van der Waals surface area contributed by atoms with Gasteiger partial charge in [0.25, 0.3) is 5.91 Å². The largest absolute Gasteiger partial charge is 0.491 e. The summed E-state index contributed by atoms with van der Waals surface area (Å²) in [5, 5.41) is 8.60. The van der Waals surface area contributed by atoms with Crippen LogP contribution in [0.4, 0.5) is 0 Å². The normalized spacial score (nSPS) is 21.8. The van der Waals surface area contributed by atoms with Crippen LogP contribution in [0, 0.1) is 5.92 Å². The number of carbonyl (C=O) groups is 4. The van der Waals surface area contributed by atoms with Crippen molar-refractivity contribution in [2.75, 3.05) is 46.4 Å². The number of nitrogens with one attached hydrogen (secondary N) is 3. The summed E-state index contributed by atoms with van der Waals surface area (Å²) in [4.78, 5) is 56.3. The van der Waals surface area contributed by atoms with Crippen LogP contribution >= 0.6 is 0 Å². The number of benzene rings is 1. The zero-order valence-electron chi connectivity index (χ0n) is 23.7. The Hall–Kier alpha value is -3.14. The van der Waals surface area contributed by atoms with E-state index in [4.69, 9.17) is 4.74 Å². The van der Waals surface area contributed by atoms with Crippen LogP contribution in [0.25, 0.3) is 0 Å². The first-order chi connectivity index (χ1) is 18.7. The maximum absolute atomic E-state index is 13.2. The fraction of sp³-hybridized carbons (Fsp3) is 0.655. The molecule has 10 heteroatoms. The maximum atomic E-state index is 13.2. The van der Waals surface area contributed by atoms with Crippen molar-refractivity contribution >= 4 is 23.6 Å². The standard InChI is InChI=1S/C29H45N5O5/c1-21(2)20-24-29(38)33(3)18-19-39-25-11-5-4-10-22(25)27(36)32-23(12-13-26(35)31-24)28(37)30-14-6-7-15-34-16-8-9-17-34/h4-5,10-11,21,23-24H,6-9,12-20H2,1-3H3,(H,30,37)(H,31,35)(H,32,36)/t23-,24-/m0/s1. The summed E-state index contributed by atoms with van der Waals surface area (Å²) in [5.41, 5.74) is 0.298. The van der Waals surface area contributed by atoms with Gasteiger partial charge < -0.3 is 30.5 Å². The molecule has 3 N–H and O–H groups in total. The summed E-state index contributed by atoms with van der Waals surface area (Å²) < 4.78 is 5.87. The van der Waals surface area contributed by atoms with Gasteiger partial charge in [-0.1, -0.05) is 26.0 Å². The number of likely N-dealkylation sites (tertiary alicyclic amines) is 1. The van der Waals surface area contributed by atoms with E-state index < -0.39 is 18.0 Å². The number of ether oxygens (including phenoxy) is 1. The molecule has 0 saturated carbocycles. The van der Waals surface area contributed by atoms with Crippen molar-refractivity contribution in [2.45, 2.75) is 70.9 Å². The van der Waals surface area contributed by atoms with Crippen molar-refractivity contribution in [1.82, 2.24) is 25.8 Å². The molecule has 0 radical (unpaired) electrons. The summed E-state index contributed by atoms with van der Waals surface area (Å²) in [7, 11) is 1.67. The molecular weight excluding hydrogens is 498 g/mol. The van der Waals surface area contributed by atoms with Gasteiger partial charge >= 0.3 is 0 Å². The minimum Gasteiger partial charge on any atom is -0.491 e. The number of hydrogen-bond donors (Lipinski definition) is 3. The monoisotopic (exact) mass is 543 g/mol. The van der Waals surface area contributed by atoms with E-state index in [1.807, 2.05) is 13.8 Å². The second-order valence-corrected chi connectivity index (χ2v) is 11.0. The second-order valence-electron chi connectivity index (χ2n) is 11.0. The van der Waals surface area contributed by atoms with Gasteiger partial charge in [-0.3, -0.25) is 19.2 Å². The van der Waals surface area contributed by atoms with Crippen molar-refractivity contribution in [3.63, 3.8) is 0 Å². The number of rotatable bonds is 8. The van der Waals surface area contributed by atoms with E-state index in [0.717, 1.165) is 32.5 Å². The van der Waals surface area contributed by atoms with Crippen molar-refractivity contribution in [3.05, 3.63) is 29.8 Å². The third kappa shape index (κ3) is 9.84. The summed E-state index contributed by atoms with van der Waals surface area (Å²) in [6.07, 6.45) is 4.94. The highest BCUT2D eigenvalue weighted by atomic mass is 16.5. The molecule has 1 saturated heterocycles. The Kier molecular flexibility index (Phi) is 12.0. The number of unbranched alkanes of at least 4 members (excludes halogenated alkanes) is 1. The highest BCUT2D eigenvalue weighted by Gasteiger charge is 2.28. The Bertz CT molecular complexity index is 979. The minimum absolute atomic E-state index is 0.00291. The van der Waals surface area contributed by atoms with Gasteiger partial charge in [0.1, 0.15) is 24.4 Å². The SMILES string of the molecule is CC(C)C[C@@H]1NC(=O)CC[C@@H](C(=O)NCCCCN2CCCC2)NC(=O)c2ccccc2OCCN(C)C1=O. The lowest BCUT2D eigenvalue weighted by Crippen LogP contribution is -2.50. The predicted octanol–water partition coefficient (Wildman–Crippen LogP) is 1.94. The molecule has 1 aromatic rings. The number of likely N-dealkylation sites (N-methyl/N-ethyl adjacent to an activating group) is 1. The lowest BCUT2D eigenvalue weighted by Gasteiger charge is -2.26. The molecule has 0 spiro atoms. The number of carbonyl (C=O) groups excluding carboxylic acids is 4. The van der Waals surface area contributed by atoms with E-state index >= 15 is 0 Å². The van der Waals surface area contributed by atoms with Crippen LogP contribution in [0.5, 0.6) is 5.75 Å². The van der Waals surface area contributed by atoms with E-state index in [-0.39, 0.29) is 43.1 Å². The average Bonchev–Trinajstić information content (AvgIpc) is 3.42. The first kappa shape index (κ1) is 30.4. The fourth-order valence-corrected chi connectivity index (χ4v) is 4.99. The predicted molar refractivity (Wildman–Crippen MR) is 149 cm³/mol. The molecule has 216 valence electrons. The third-order valence-electron chi connectivity index (χ3n) is 7.21. The summed E-state index contributed by atoms with van der Waals surface area (Å²) in [6, 6.07) is 5.25. The smallest absolute Gasteiger partial charge is 0.255 e. The highest BCUT2D eigenvalue weighted by Crippen LogP contribution is 2.19. The molecule has 0 aromatic heterocycles. The molecule has 1 aromatic carbocycles. The maximum Gasteiger partial charge on any atom is 0.255 e. The lowest BCUT2D eigenvalue weighted by atomic mass is 10.0. The van der Waals surface area contributed by atoms with Crippen LogP contribution in [-0.4, -0.2) is 91.9 Å². The Labute approximate surface area is 232 Å². The van der Waals surface area contributed by atoms with Crippen molar-refractivity contribution in [2.24, 2.45) is 5.92 Å². The topological polar surface area (TPSA) is 120 Å². The van der Waals surface area contributed by atoms with Crippen LogP contribution in [0.3, 0.4) is 0 Å². The van der Waals surface area contributed by atoms with Gasteiger partial charge in [-0.2, -0.15) is 0 Å². The number of hydrogen-bond acceptors (Lipinski definition) is 6. The van der Waals surface area contributed by atoms with E-state index in [9.17, 15) is 19.2 Å². The molecule has 2 heterocycles. The molecular formula is C29H45N5O5. The van der Waals surface area contributed by atoms with Crippen LogP contribution in [0.2, 0.25) is 0 Å². The first-order valence-corrected chi connectivity index (χ1v) is 14.3. The summed E-state index contributed by atoms with van der Waals surface area (Å²) in [6.45, 7) is 8.28. The fourth-order valence-electron chi connectivity index (χ4n) is 4.99. The Morgan fingerprint density at radius 1 is 1.08 bits per heavy atom. The second kappa shape index (κ2) is 15.5. The molecule has 3 rings (SSSR count). The molecule has 0 unspecified atom stereocenters. The summed E-state index contributed by atoms with van der Waals surface area (Å²) in [5.74, 6) is -0.722. The summed E-state index contributed by atoms with van der Waals surface area (Å²) >= 11 is 0. The molecule has 10 nitrogen and oxygen atoms in total. The van der Waals surface area contributed by atoms with E-state index in [1.54, 1.807) is 31.3 Å². The van der Waals surface area contributed by atoms with E-state index in [1.165, 1.54) is 17.7 Å². The van der Waals surface area contributed by atoms with Crippen LogP contribution < -0.4 is 20.7 Å². The zero-order chi connectivity index (χ0) is 28.2. The Morgan fingerprint density at radius 3 is 2.56 bits per heavy atom. The minimum atomic E-state index is -0.901. The molecule has 39 heavy (non-hydrogen) atoms. The van der Waals surface area contributed by atoms with Crippen molar-refractivity contribution in [3.8, 4) is 5.75 Å². The first-order valence-electron chi connectivity index (χ1n) is 14.3. The Morgan fingerprint density at radius 2 is 1.82 bits per heavy atom. The average molecular weight is 544 g/mol. The molecule has 0 bridgehead atoms. The van der Waals surface area contributed by atoms with E-state index in [2.05, 4.69) is 20.9 Å². The van der Waals surface area contributed by atoms with Crippen LogP contribution in [0.1, 0.15) is 69.2 Å². The molecule has 2 aliphatic heterocycles.